The minimum absolute atomic E-state index is 0.0409. The van der Waals surface area contributed by atoms with Crippen molar-refractivity contribution in [3.8, 4) is 16.8 Å². The molecule has 174 valence electrons. The van der Waals surface area contributed by atoms with Crippen LogP contribution in [0.25, 0.3) is 16.8 Å². The third-order valence-electron chi connectivity index (χ3n) is 6.01. The summed E-state index contributed by atoms with van der Waals surface area (Å²) in [5, 5.41) is 3.54. The smallest absolute Gasteiger partial charge is 0.206 e. The van der Waals surface area contributed by atoms with Crippen LogP contribution in [-0.2, 0) is 6.42 Å². The van der Waals surface area contributed by atoms with Crippen molar-refractivity contribution in [1.82, 2.24) is 4.57 Å². The minimum Gasteiger partial charge on any atom is -0.307 e. The fourth-order valence-electron chi connectivity index (χ4n) is 4.40. The molecule has 2 aromatic heterocycles. The molecule has 0 bridgehead atoms. The number of hydrogen-bond acceptors (Lipinski definition) is 3. The summed E-state index contributed by atoms with van der Waals surface area (Å²) in [7, 11) is 0. The molecule has 5 aromatic rings. The number of benzene rings is 3. The van der Waals surface area contributed by atoms with Crippen molar-refractivity contribution in [2.24, 2.45) is 0 Å². The molecule has 0 N–H and O–H groups in total. The Hall–Kier alpha value is -3.05. The number of rotatable bonds is 7. The van der Waals surface area contributed by atoms with Crippen molar-refractivity contribution in [1.29, 1.82) is 0 Å². The van der Waals surface area contributed by atoms with Crippen LogP contribution in [-0.4, -0.2) is 16.6 Å². The number of halogens is 1. The van der Waals surface area contributed by atoms with E-state index in [1.165, 1.54) is 22.5 Å². The second-order valence-corrected chi connectivity index (χ2v) is 10.5. The van der Waals surface area contributed by atoms with Gasteiger partial charge in [0.1, 0.15) is 0 Å². The number of thiophene rings is 1. The molecule has 5 heteroatoms. The van der Waals surface area contributed by atoms with E-state index in [0.29, 0.717) is 11.4 Å². The standard InChI is InChI=1S/C30H24ClNOS2/c1-20-13-15-21(16-14-20)18-25-27(22-8-6-9-23(31)19-22)28(29(33)26-12-7-17-35-26)30(34-2)32(25)24-10-4-3-5-11-24/h3-17,19H,18H2,1-2H3. The highest BCUT2D eigenvalue weighted by Gasteiger charge is 2.30. The fourth-order valence-corrected chi connectivity index (χ4v) is 6.06. The second kappa shape index (κ2) is 10.3. The van der Waals surface area contributed by atoms with E-state index < -0.39 is 0 Å². The highest BCUT2D eigenvalue weighted by molar-refractivity contribution is 7.98. The molecule has 0 amide bonds. The van der Waals surface area contributed by atoms with Gasteiger partial charge in [0.2, 0.25) is 5.78 Å². The first kappa shape index (κ1) is 23.7. The normalized spacial score (nSPS) is 11.1. The lowest BCUT2D eigenvalue weighted by atomic mass is 9.95. The van der Waals surface area contributed by atoms with E-state index in [1.807, 2.05) is 66.2 Å². The summed E-state index contributed by atoms with van der Waals surface area (Å²) in [6, 6.07) is 30.5. The summed E-state index contributed by atoms with van der Waals surface area (Å²) in [4.78, 5) is 14.7. The Balaban J connectivity index is 1.86. The number of aromatic nitrogens is 1. The Morgan fingerprint density at radius 3 is 2.37 bits per heavy atom. The summed E-state index contributed by atoms with van der Waals surface area (Å²) >= 11 is 9.54. The van der Waals surface area contributed by atoms with E-state index in [9.17, 15) is 4.79 Å². The molecular formula is C30H24ClNOS2. The number of aryl methyl sites for hydroxylation is 1. The lowest BCUT2D eigenvalue weighted by Gasteiger charge is -2.14. The Morgan fingerprint density at radius 1 is 0.943 bits per heavy atom. The highest BCUT2D eigenvalue weighted by atomic mass is 35.5. The van der Waals surface area contributed by atoms with Crippen LogP contribution < -0.4 is 0 Å². The Kier molecular flexibility index (Phi) is 6.96. The number of thioether (sulfide) groups is 1. The van der Waals surface area contributed by atoms with Crippen LogP contribution >= 0.6 is 34.7 Å². The molecule has 0 aliphatic heterocycles. The first-order valence-corrected chi connectivity index (χ1v) is 13.8. The van der Waals surface area contributed by atoms with Crippen molar-refractivity contribution < 1.29 is 4.79 Å². The number of para-hydroxylation sites is 1. The first-order valence-electron chi connectivity index (χ1n) is 11.3. The highest BCUT2D eigenvalue weighted by Crippen LogP contribution is 2.42. The van der Waals surface area contributed by atoms with Crippen LogP contribution in [0.3, 0.4) is 0 Å². The molecule has 0 fully saturated rings. The van der Waals surface area contributed by atoms with Crippen molar-refractivity contribution in [2.45, 2.75) is 18.4 Å². The van der Waals surface area contributed by atoms with E-state index in [1.54, 1.807) is 11.8 Å². The summed E-state index contributed by atoms with van der Waals surface area (Å²) in [6.07, 6.45) is 2.72. The Labute approximate surface area is 219 Å². The van der Waals surface area contributed by atoms with Crippen LogP contribution in [0.4, 0.5) is 0 Å². The summed E-state index contributed by atoms with van der Waals surface area (Å²) < 4.78 is 2.25. The molecule has 3 aromatic carbocycles. The van der Waals surface area contributed by atoms with Gasteiger partial charge in [-0.05, 0) is 60.0 Å². The van der Waals surface area contributed by atoms with Crippen molar-refractivity contribution in [3.63, 3.8) is 0 Å². The molecule has 35 heavy (non-hydrogen) atoms. The van der Waals surface area contributed by atoms with Crippen LogP contribution in [0.15, 0.2) is 101 Å². The fraction of sp³-hybridized carbons (Fsp3) is 0.100. The number of carbonyl (C=O) groups is 1. The topological polar surface area (TPSA) is 22.0 Å². The van der Waals surface area contributed by atoms with Crippen LogP contribution in [0.2, 0.25) is 5.02 Å². The van der Waals surface area contributed by atoms with Gasteiger partial charge in [0.05, 0.1) is 15.5 Å². The van der Waals surface area contributed by atoms with Gasteiger partial charge in [-0.15, -0.1) is 23.1 Å². The quantitative estimate of drug-likeness (QED) is 0.160. The molecule has 5 rings (SSSR count). The molecule has 2 nitrogen and oxygen atoms in total. The number of ketones is 1. The second-order valence-electron chi connectivity index (χ2n) is 8.36. The number of carbonyl (C=O) groups excluding carboxylic acids is 1. The molecule has 0 spiro atoms. The lowest BCUT2D eigenvalue weighted by Crippen LogP contribution is -2.04. The van der Waals surface area contributed by atoms with Crippen LogP contribution in [0.5, 0.6) is 0 Å². The predicted molar refractivity (Wildman–Crippen MR) is 150 cm³/mol. The van der Waals surface area contributed by atoms with E-state index in [2.05, 4.69) is 47.9 Å². The molecule has 0 aliphatic carbocycles. The van der Waals surface area contributed by atoms with Crippen molar-refractivity contribution in [2.75, 3.05) is 6.26 Å². The average molecular weight is 514 g/mol. The minimum atomic E-state index is 0.0409. The van der Waals surface area contributed by atoms with E-state index in [4.69, 9.17) is 11.6 Å². The molecule has 0 radical (unpaired) electrons. The van der Waals surface area contributed by atoms with Crippen LogP contribution in [0, 0.1) is 6.92 Å². The molecule has 0 aliphatic rings. The van der Waals surface area contributed by atoms with E-state index in [-0.39, 0.29) is 5.78 Å². The SMILES string of the molecule is CSc1c(C(=O)c2cccs2)c(-c2cccc(Cl)c2)c(Cc2ccc(C)cc2)n1-c1ccccc1. The maximum Gasteiger partial charge on any atom is 0.206 e. The number of nitrogens with zero attached hydrogens (tertiary/aromatic N) is 1. The largest absolute Gasteiger partial charge is 0.307 e. The monoisotopic (exact) mass is 513 g/mol. The summed E-state index contributed by atoms with van der Waals surface area (Å²) in [6.45, 7) is 2.09. The Bertz CT molecular complexity index is 1470. The Morgan fingerprint density at radius 2 is 1.71 bits per heavy atom. The molecule has 0 saturated heterocycles. The van der Waals surface area contributed by atoms with Gasteiger partial charge in [-0.2, -0.15) is 0 Å². The molecule has 0 saturated carbocycles. The number of hydrogen-bond donors (Lipinski definition) is 0. The van der Waals surface area contributed by atoms with Gasteiger partial charge in [-0.1, -0.05) is 77.8 Å². The van der Waals surface area contributed by atoms with Gasteiger partial charge in [0.15, 0.2) is 0 Å². The average Bonchev–Trinajstić information content (AvgIpc) is 3.52. The molecule has 2 heterocycles. The summed E-state index contributed by atoms with van der Waals surface area (Å²) in [5.74, 6) is 0.0409. The maximum absolute atomic E-state index is 14.0. The van der Waals surface area contributed by atoms with Gasteiger partial charge in [-0.25, -0.2) is 0 Å². The summed E-state index contributed by atoms with van der Waals surface area (Å²) in [5.41, 5.74) is 7.15. The van der Waals surface area contributed by atoms with Gasteiger partial charge in [0, 0.05) is 28.4 Å². The zero-order valence-corrected chi connectivity index (χ0v) is 21.9. The van der Waals surface area contributed by atoms with E-state index >= 15 is 0 Å². The zero-order valence-electron chi connectivity index (χ0n) is 19.5. The molecule has 0 atom stereocenters. The van der Waals surface area contributed by atoms with Crippen LogP contribution in [0.1, 0.15) is 32.1 Å². The third-order valence-corrected chi connectivity index (χ3v) is 7.89. The lowest BCUT2D eigenvalue weighted by molar-refractivity contribution is 0.104. The van der Waals surface area contributed by atoms with Crippen molar-refractivity contribution in [3.05, 3.63) is 129 Å². The van der Waals surface area contributed by atoms with Gasteiger partial charge in [-0.3, -0.25) is 4.79 Å². The van der Waals surface area contributed by atoms with Gasteiger partial charge in [0.25, 0.3) is 0 Å². The third kappa shape index (κ3) is 4.74. The molecule has 0 unspecified atom stereocenters. The maximum atomic E-state index is 14.0. The zero-order chi connectivity index (χ0) is 24.4. The van der Waals surface area contributed by atoms with Crippen molar-refractivity contribution >= 4 is 40.5 Å². The van der Waals surface area contributed by atoms with Gasteiger partial charge < -0.3 is 4.57 Å². The van der Waals surface area contributed by atoms with E-state index in [0.717, 1.165) is 38.0 Å². The predicted octanol–water partition coefficient (Wildman–Crippen LogP) is 8.71. The molecular weight excluding hydrogens is 490 g/mol. The van der Waals surface area contributed by atoms with Gasteiger partial charge >= 0.3 is 0 Å². The first-order chi connectivity index (χ1) is 17.1.